The predicted molar refractivity (Wildman–Crippen MR) is 268 cm³/mol. The number of sulfone groups is 1. The van der Waals surface area contributed by atoms with Crippen LogP contribution >= 0.6 is 22.7 Å². The van der Waals surface area contributed by atoms with Gasteiger partial charge in [-0.1, -0.05) is 103 Å². The van der Waals surface area contributed by atoms with E-state index in [1.807, 2.05) is 118 Å². The van der Waals surface area contributed by atoms with Crippen molar-refractivity contribution in [1.82, 2.24) is 20.3 Å². The van der Waals surface area contributed by atoms with Crippen LogP contribution in [0.25, 0.3) is 53.3 Å². The normalized spacial score (nSPS) is 13.5. The van der Waals surface area contributed by atoms with Crippen LogP contribution in [0.3, 0.4) is 0 Å². The minimum absolute atomic E-state index is 0.143. The molecule has 0 fully saturated rings. The maximum atomic E-state index is 14.2. The van der Waals surface area contributed by atoms with Crippen molar-refractivity contribution in [2.24, 2.45) is 9.98 Å². The van der Waals surface area contributed by atoms with Crippen LogP contribution in [-0.4, -0.2) is 53.1 Å². The first-order valence-corrected chi connectivity index (χ1v) is 24.4. The Hall–Kier alpha value is -7.65. The first-order valence-electron chi connectivity index (χ1n) is 20.9. The molecule has 4 heterocycles. The average molecular weight is 922 g/mol. The lowest BCUT2D eigenvalue weighted by molar-refractivity contribution is 0.0975. The molecule has 66 heavy (non-hydrogen) atoms. The van der Waals surface area contributed by atoms with Crippen LogP contribution in [0.5, 0.6) is 0 Å². The topological polar surface area (TPSA) is 159 Å². The molecule has 3 aromatic heterocycles. The number of anilines is 1. The molecule has 10 rings (SSSR count). The molecule has 3 N–H and O–H groups in total. The molecule has 2 amide bonds. The highest BCUT2D eigenvalue weighted by molar-refractivity contribution is 7.90. The van der Waals surface area contributed by atoms with E-state index in [2.05, 4.69) is 27.8 Å². The van der Waals surface area contributed by atoms with Crippen LogP contribution in [0.15, 0.2) is 160 Å². The van der Waals surface area contributed by atoms with Crippen LogP contribution in [0, 0.1) is 20.8 Å². The number of nitrogens with zero attached hydrogens (tertiary/aromatic N) is 4. The summed E-state index contributed by atoms with van der Waals surface area (Å²) in [7, 11) is -3.53. The molecule has 324 valence electrons. The van der Waals surface area contributed by atoms with E-state index in [4.69, 9.17) is 20.0 Å². The van der Waals surface area contributed by atoms with Gasteiger partial charge in [-0.05, 0) is 91.1 Å². The summed E-state index contributed by atoms with van der Waals surface area (Å²) in [4.78, 5) is 52.8. The SMILES string of the molecule is Cc1ccc2sc(-c3c(NC(=O)c4ccccc4C)[nH]c(N=C4N=C(NC(=O)c5ccccc5C)C(c5nc6cc(S(C)(=O)=O)ccc6s5)=C4c4ccccc4)c3-c3ccccc3)nc2c1. The van der Waals surface area contributed by atoms with Crippen molar-refractivity contribution in [1.29, 1.82) is 0 Å². The number of rotatable bonds is 9. The van der Waals surface area contributed by atoms with Gasteiger partial charge in [-0.2, -0.15) is 0 Å². The van der Waals surface area contributed by atoms with Gasteiger partial charge in [0.2, 0.25) is 0 Å². The van der Waals surface area contributed by atoms with Gasteiger partial charge >= 0.3 is 0 Å². The van der Waals surface area contributed by atoms with Gasteiger partial charge in [-0.3, -0.25) is 9.59 Å². The Morgan fingerprint density at radius 1 is 0.606 bits per heavy atom. The molecule has 0 atom stereocenters. The third-order valence-electron chi connectivity index (χ3n) is 11.3. The molecule has 0 saturated heterocycles. The molecule has 14 heteroatoms. The number of benzene rings is 6. The number of hydrogen-bond acceptors (Lipinski definition) is 9. The first kappa shape index (κ1) is 42.3. The monoisotopic (exact) mass is 921 g/mol. The Kier molecular flexibility index (Phi) is 10.9. The minimum Gasteiger partial charge on any atom is -0.325 e. The van der Waals surface area contributed by atoms with Gasteiger partial charge in [0.15, 0.2) is 15.7 Å². The maximum absolute atomic E-state index is 14.2. The maximum Gasteiger partial charge on any atom is 0.257 e. The van der Waals surface area contributed by atoms with E-state index in [0.717, 1.165) is 49.0 Å². The van der Waals surface area contributed by atoms with Crippen molar-refractivity contribution in [3.8, 4) is 21.7 Å². The number of thiazole rings is 2. The number of nitrogens with one attached hydrogen (secondary N) is 3. The van der Waals surface area contributed by atoms with Crippen molar-refractivity contribution < 1.29 is 18.0 Å². The summed E-state index contributed by atoms with van der Waals surface area (Å²) in [5.41, 5.74) is 8.91. The largest absolute Gasteiger partial charge is 0.325 e. The van der Waals surface area contributed by atoms with Crippen molar-refractivity contribution in [2.45, 2.75) is 25.7 Å². The molecular weight excluding hydrogens is 883 g/mol. The second kappa shape index (κ2) is 17.0. The lowest BCUT2D eigenvalue weighted by Gasteiger charge is -2.10. The van der Waals surface area contributed by atoms with Gasteiger partial charge in [0.05, 0.1) is 36.5 Å². The molecule has 1 aliphatic heterocycles. The standard InChI is InChI=1S/C52H39N7O4S3/c1-29-23-25-39-37(27-29)53-51(64-39)43-41(32-17-7-5-8-18-32)45(56-47(43)58-49(60)35-21-13-11-15-30(35)2)55-46-42(33-19-9-6-10-20-33)44(48(57-46)59-50(61)36-22-14-12-16-31(36)3)52-54-38-28-34(66(4,62)63)24-26-40(38)65-52/h5-28,56H,1-4H3,(H,58,60)(H,55,57,59,61). The summed E-state index contributed by atoms with van der Waals surface area (Å²) in [6.07, 6.45) is 1.16. The summed E-state index contributed by atoms with van der Waals surface area (Å²) in [6.45, 7) is 5.79. The Morgan fingerprint density at radius 3 is 1.82 bits per heavy atom. The highest BCUT2D eigenvalue weighted by atomic mass is 32.2. The number of aromatic amines is 1. The van der Waals surface area contributed by atoms with Gasteiger partial charge in [0, 0.05) is 28.5 Å². The van der Waals surface area contributed by atoms with Gasteiger partial charge < -0.3 is 15.6 Å². The van der Waals surface area contributed by atoms with Crippen molar-refractivity contribution in [3.63, 3.8) is 0 Å². The molecule has 0 bridgehead atoms. The van der Waals surface area contributed by atoms with Crippen LogP contribution in [-0.2, 0) is 9.84 Å². The Morgan fingerprint density at radius 2 is 1.17 bits per heavy atom. The highest BCUT2D eigenvalue weighted by Crippen LogP contribution is 2.48. The summed E-state index contributed by atoms with van der Waals surface area (Å²) in [5.74, 6) is 0.559. The number of aromatic nitrogens is 3. The number of amides is 2. The number of amidine groups is 2. The number of aliphatic imine (C=N–C) groups is 2. The van der Waals surface area contributed by atoms with Crippen LogP contribution < -0.4 is 10.6 Å². The molecule has 0 saturated carbocycles. The fourth-order valence-electron chi connectivity index (χ4n) is 7.98. The predicted octanol–water partition coefficient (Wildman–Crippen LogP) is 11.6. The Bertz CT molecular complexity index is 3640. The summed E-state index contributed by atoms with van der Waals surface area (Å²) in [6, 6.07) is 45.1. The smallest absolute Gasteiger partial charge is 0.257 e. The van der Waals surface area contributed by atoms with Crippen molar-refractivity contribution in [3.05, 3.63) is 184 Å². The molecular formula is C52H39N7O4S3. The van der Waals surface area contributed by atoms with Gasteiger partial charge in [0.25, 0.3) is 11.8 Å². The van der Waals surface area contributed by atoms with Crippen molar-refractivity contribution >= 4 is 99.2 Å². The summed E-state index contributed by atoms with van der Waals surface area (Å²) in [5, 5.41) is 7.46. The third kappa shape index (κ3) is 8.06. The molecule has 0 radical (unpaired) electrons. The summed E-state index contributed by atoms with van der Waals surface area (Å²) >= 11 is 2.86. The average Bonchev–Trinajstić information content (AvgIpc) is 4.09. The number of hydrogen-bond donors (Lipinski definition) is 3. The van der Waals surface area contributed by atoms with E-state index in [1.165, 1.54) is 22.7 Å². The molecule has 9 aromatic rings. The van der Waals surface area contributed by atoms with E-state index in [1.54, 1.807) is 36.4 Å². The number of carbonyl (C=O) groups is 2. The number of fused-ring (bicyclic) bond motifs is 2. The van der Waals surface area contributed by atoms with Crippen molar-refractivity contribution in [2.75, 3.05) is 11.6 Å². The highest BCUT2D eigenvalue weighted by Gasteiger charge is 2.33. The summed E-state index contributed by atoms with van der Waals surface area (Å²) < 4.78 is 27.0. The number of H-pyrrole nitrogens is 1. The van der Waals surface area contributed by atoms with E-state index >= 15 is 0 Å². The van der Waals surface area contributed by atoms with E-state index < -0.39 is 9.84 Å². The molecule has 0 unspecified atom stereocenters. The fraction of sp³-hybridized carbons (Fsp3) is 0.0769. The van der Waals surface area contributed by atoms with Crippen LogP contribution in [0.1, 0.15) is 48.0 Å². The zero-order valence-electron chi connectivity index (χ0n) is 36.0. The number of carbonyl (C=O) groups excluding carboxylic acids is 2. The van der Waals surface area contributed by atoms with Crippen LogP contribution in [0.2, 0.25) is 0 Å². The number of aryl methyl sites for hydroxylation is 3. The van der Waals surface area contributed by atoms with E-state index in [9.17, 15) is 18.0 Å². The molecule has 0 spiro atoms. The lowest BCUT2D eigenvalue weighted by atomic mass is 9.99. The van der Waals surface area contributed by atoms with E-state index in [0.29, 0.717) is 60.6 Å². The zero-order chi connectivity index (χ0) is 45.7. The Labute approximate surface area is 388 Å². The molecule has 1 aliphatic rings. The zero-order valence-corrected chi connectivity index (χ0v) is 38.5. The molecule has 11 nitrogen and oxygen atoms in total. The Balaban J connectivity index is 1.24. The van der Waals surface area contributed by atoms with E-state index in [-0.39, 0.29) is 28.4 Å². The second-order valence-corrected chi connectivity index (χ2v) is 20.0. The first-order chi connectivity index (χ1) is 31.9. The second-order valence-electron chi connectivity index (χ2n) is 15.9. The minimum atomic E-state index is -3.53. The van der Waals surface area contributed by atoms with Gasteiger partial charge in [-0.25, -0.2) is 28.4 Å². The third-order valence-corrected chi connectivity index (χ3v) is 14.5. The van der Waals surface area contributed by atoms with Gasteiger partial charge in [0.1, 0.15) is 27.5 Å². The lowest BCUT2D eigenvalue weighted by Crippen LogP contribution is -2.31. The molecule has 6 aromatic carbocycles. The fourth-order valence-corrected chi connectivity index (χ4v) is 10.6. The van der Waals surface area contributed by atoms with Gasteiger partial charge in [-0.15, -0.1) is 22.7 Å². The quantitative estimate of drug-likeness (QED) is 0.131. The molecule has 0 aliphatic carbocycles. The van der Waals surface area contributed by atoms with Crippen LogP contribution in [0.4, 0.5) is 11.6 Å².